The summed E-state index contributed by atoms with van der Waals surface area (Å²) in [5, 5.41) is 14.3. The largest absolute Gasteiger partial charge is 0.489 e. The summed E-state index contributed by atoms with van der Waals surface area (Å²) in [5.74, 6) is 0.829. The van der Waals surface area contributed by atoms with Gasteiger partial charge in [0, 0.05) is 12.6 Å². The number of carbonyl (C=O) groups excluding carboxylic acids is 1. The van der Waals surface area contributed by atoms with Crippen LogP contribution in [0, 0.1) is 6.92 Å². The molecular weight excluding hydrogens is 256 g/mol. The van der Waals surface area contributed by atoms with Gasteiger partial charge >= 0.3 is 6.03 Å². The predicted molar refractivity (Wildman–Crippen MR) is 79.0 cm³/mol. The Balaban J connectivity index is 2.31. The molecule has 0 fully saturated rings. The molecule has 2 amide bonds. The maximum absolute atomic E-state index is 11.6. The number of ether oxygens (including phenoxy) is 1. The van der Waals surface area contributed by atoms with E-state index in [4.69, 9.17) is 9.84 Å². The van der Waals surface area contributed by atoms with Crippen LogP contribution in [0.3, 0.4) is 0 Å². The fourth-order valence-corrected chi connectivity index (χ4v) is 1.72. The Hall–Kier alpha value is -1.75. The second-order valence-corrected chi connectivity index (χ2v) is 4.96. The first kappa shape index (κ1) is 16.3. The highest BCUT2D eigenvalue weighted by atomic mass is 16.5. The number of aliphatic hydroxyl groups is 1. The highest BCUT2D eigenvalue weighted by Gasteiger charge is 2.10. The summed E-state index contributed by atoms with van der Waals surface area (Å²) >= 11 is 0. The molecule has 0 radical (unpaired) electrons. The molecule has 0 aliphatic heterocycles. The quantitative estimate of drug-likeness (QED) is 0.713. The van der Waals surface area contributed by atoms with Gasteiger partial charge in [-0.1, -0.05) is 18.2 Å². The minimum absolute atomic E-state index is 0.0485. The molecule has 1 rings (SSSR count). The van der Waals surface area contributed by atoms with E-state index < -0.39 is 0 Å². The number of carbonyl (C=O) groups is 1. The normalized spacial score (nSPS) is 13.4. The van der Waals surface area contributed by atoms with Crippen molar-refractivity contribution in [1.82, 2.24) is 10.6 Å². The van der Waals surface area contributed by atoms with Crippen molar-refractivity contribution in [1.29, 1.82) is 0 Å². The van der Waals surface area contributed by atoms with Gasteiger partial charge in [0.1, 0.15) is 11.9 Å². The van der Waals surface area contributed by atoms with Crippen molar-refractivity contribution < 1.29 is 14.6 Å². The number of urea groups is 1. The van der Waals surface area contributed by atoms with E-state index in [1.807, 2.05) is 45.0 Å². The van der Waals surface area contributed by atoms with Crippen LogP contribution in [0.1, 0.15) is 25.8 Å². The Labute approximate surface area is 120 Å². The van der Waals surface area contributed by atoms with Crippen molar-refractivity contribution >= 4 is 6.03 Å². The lowest BCUT2D eigenvalue weighted by Gasteiger charge is -2.18. The van der Waals surface area contributed by atoms with E-state index in [9.17, 15) is 4.79 Å². The first-order valence-corrected chi connectivity index (χ1v) is 6.90. The number of rotatable bonds is 7. The average Bonchev–Trinajstić information content (AvgIpc) is 2.39. The third-order valence-electron chi connectivity index (χ3n) is 2.91. The molecule has 0 aliphatic rings. The molecule has 0 aromatic heterocycles. The van der Waals surface area contributed by atoms with Crippen LogP contribution in [0.2, 0.25) is 0 Å². The summed E-state index contributed by atoms with van der Waals surface area (Å²) in [4.78, 5) is 11.6. The number of para-hydroxylation sites is 1. The molecule has 1 aromatic carbocycles. The van der Waals surface area contributed by atoms with Crippen molar-refractivity contribution in [3.63, 3.8) is 0 Å². The first-order valence-electron chi connectivity index (χ1n) is 6.90. The molecule has 0 saturated heterocycles. The van der Waals surface area contributed by atoms with Gasteiger partial charge in [-0.15, -0.1) is 0 Å². The number of hydrogen-bond acceptors (Lipinski definition) is 3. The number of amides is 2. The van der Waals surface area contributed by atoms with E-state index in [2.05, 4.69) is 10.6 Å². The van der Waals surface area contributed by atoms with E-state index >= 15 is 0 Å². The summed E-state index contributed by atoms with van der Waals surface area (Å²) in [6.07, 6.45) is 0.429. The summed E-state index contributed by atoms with van der Waals surface area (Å²) in [7, 11) is 0. The molecule has 1 unspecified atom stereocenters. The lowest BCUT2D eigenvalue weighted by Crippen LogP contribution is -2.44. The van der Waals surface area contributed by atoms with Gasteiger partial charge in [0.15, 0.2) is 0 Å². The third-order valence-corrected chi connectivity index (χ3v) is 2.91. The second-order valence-electron chi connectivity index (χ2n) is 4.96. The molecule has 0 aliphatic carbocycles. The maximum Gasteiger partial charge on any atom is 0.315 e. The molecule has 0 heterocycles. The fraction of sp³-hybridized carbons (Fsp3) is 0.533. The Morgan fingerprint density at radius 1 is 1.35 bits per heavy atom. The Morgan fingerprint density at radius 3 is 2.70 bits per heavy atom. The van der Waals surface area contributed by atoms with Crippen LogP contribution in [0.5, 0.6) is 5.75 Å². The van der Waals surface area contributed by atoms with Gasteiger partial charge in [-0.25, -0.2) is 4.79 Å². The number of benzene rings is 1. The van der Waals surface area contributed by atoms with Crippen molar-refractivity contribution in [2.45, 2.75) is 39.3 Å². The highest BCUT2D eigenvalue weighted by molar-refractivity contribution is 5.74. The summed E-state index contributed by atoms with van der Waals surface area (Å²) in [6.45, 7) is 6.23. The number of nitrogens with one attached hydrogen (secondary N) is 2. The van der Waals surface area contributed by atoms with Gasteiger partial charge < -0.3 is 20.5 Å². The van der Waals surface area contributed by atoms with Crippen LogP contribution < -0.4 is 15.4 Å². The zero-order valence-electron chi connectivity index (χ0n) is 12.3. The van der Waals surface area contributed by atoms with E-state index in [0.717, 1.165) is 11.3 Å². The van der Waals surface area contributed by atoms with Crippen LogP contribution in [-0.2, 0) is 0 Å². The van der Waals surface area contributed by atoms with E-state index in [1.165, 1.54) is 0 Å². The van der Waals surface area contributed by atoms with E-state index in [0.29, 0.717) is 13.0 Å². The van der Waals surface area contributed by atoms with Gasteiger partial charge in [0.25, 0.3) is 0 Å². The molecule has 5 heteroatoms. The topological polar surface area (TPSA) is 70.6 Å². The lowest BCUT2D eigenvalue weighted by molar-refractivity contribution is 0.203. The van der Waals surface area contributed by atoms with Crippen LogP contribution >= 0.6 is 0 Å². The smallest absolute Gasteiger partial charge is 0.315 e. The molecular formula is C15H24N2O3. The maximum atomic E-state index is 11.6. The third kappa shape index (κ3) is 5.93. The monoisotopic (exact) mass is 280 g/mol. The second kappa shape index (κ2) is 8.43. The molecule has 5 nitrogen and oxygen atoms in total. The summed E-state index contributed by atoms with van der Waals surface area (Å²) in [6, 6.07) is 7.49. The summed E-state index contributed by atoms with van der Waals surface area (Å²) < 4.78 is 5.77. The average molecular weight is 280 g/mol. The van der Waals surface area contributed by atoms with Gasteiger partial charge in [0.05, 0.1) is 6.54 Å². The van der Waals surface area contributed by atoms with Gasteiger partial charge in [-0.2, -0.15) is 0 Å². The van der Waals surface area contributed by atoms with E-state index in [-0.39, 0.29) is 24.8 Å². The van der Waals surface area contributed by atoms with E-state index in [1.54, 1.807) is 0 Å². The molecule has 3 N–H and O–H groups in total. The van der Waals surface area contributed by atoms with Gasteiger partial charge in [-0.3, -0.25) is 0 Å². The minimum atomic E-state index is -0.244. The van der Waals surface area contributed by atoms with Crippen LogP contribution in [0.15, 0.2) is 24.3 Å². The standard InChI is InChI=1S/C15H24N2O3/c1-11-6-4-5-7-14(11)20-13(3)10-16-15(19)17-12(2)8-9-18/h4-7,12-13,18H,8-10H2,1-3H3,(H2,16,17,19)/t12-,13?/m1/s1. The summed E-state index contributed by atoms with van der Waals surface area (Å²) in [5.41, 5.74) is 1.07. The Morgan fingerprint density at radius 2 is 2.05 bits per heavy atom. The molecule has 2 atom stereocenters. The molecule has 0 bridgehead atoms. The van der Waals surface area contributed by atoms with Crippen molar-refractivity contribution in [3.05, 3.63) is 29.8 Å². The SMILES string of the molecule is Cc1ccccc1OC(C)CNC(=O)N[C@H](C)CCO. The Bertz CT molecular complexity index is 423. The fourth-order valence-electron chi connectivity index (χ4n) is 1.72. The molecule has 1 aromatic rings. The van der Waals surface area contributed by atoms with Crippen molar-refractivity contribution in [2.24, 2.45) is 0 Å². The van der Waals surface area contributed by atoms with Crippen molar-refractivity contribution in [2.75, 3.05) is 13.2 Å². The molecule has 20 heavy (non-hydrogen) atoms. The van der Waals surface area contributed by atoms with Gasteiger partial charge in [-0.05, 0) is 38.8 Å². The number of hydrogen-bond donors (Lipinski definition) is 3. The lowest BCUT2D eigenvalue weighted by atomic mass is 10.2. The van der Waals surface area contributed by atoms with Crippen LogP contribution in [-0.4, -0.2) is 36.4 Å². The van der Waals surface area contributed by atoms with Gasteiger partial charge in [0.2, 0.25) is 0 Å². The van der Waals surface area contributed by atoms with Crippen LogP contribution in [0.4, 0.5) is 4.79 Å². The first-order chi connectivity index (χ1) is 9.52. The minimum Gasteiger partial charge on any atom is -0.489 e. The van der Waals surface area contributed by atoms with Crippen LogP contribution in [0.25, 0.3) is 0 Å². The molecule has 112 valence electrons. The zero-order valence-corrected chi connectivity index (χ0v) is 12.3. The van der Waals surface area contributed by atoms with Crippen molar-refractivity contribution in [3.8, 4) is 5.75 Å². The number of aliphatic hydroxyl groups excluding tert-OH is 1. The predicted octanol–water partition coefficient (Wildman–Crippen LogP) is 1.83. The Kier molecular flexibility index (Phi) is 6.87. The zero-order chi connectivity index (χ0) is 15.0. The molecule has 0 spiro atoms. The molecule has 0 saturated carbocycles. The highest BCUT2D eigenvalue weighted by Crippen LogP contribution is 2.17. The number of aryl methyl sites for hydroxylation is 1.